The van der Waals surface area contributed by atoms with Crippen LogP contribution in [-0.4, -0.2) is 29.9 Å². The van der Waals surface area contributed by atoms with E-state index in [1.807, 2.05) is 42.2 Å². The molecule has 0 saturated heterocycles. The van der Waals surface area contributed by atoms with Gasteiger partial charge in [-0.05, 0) is 44.4 Å². The molecule has 130 valence electrons. The first-order valence-electron chi connectivity index (χ1n) is 8.69. The number of aryl methyl sites for hydroxylation is 1. The molecule has 1 amide bonds. The van der Waals surface area contributed by atoms with E-state index in [9.17, 15) is 4.79 Å². The van der Waals surface area contributed by atoms with Crippen molar-refractivity contribution >= 4 is 5.91 Å². The van der Waals surface area contributed by atoms with E-state index >= 15 is 0 Å². The molecule has 24 heavy (non-hydrogen) atoms. The van der Waals surface area contributed by atoms with Crippen molar-refractivity contribution in [1.29, 1.82) is 0 Å². The second kappa shape index (κ2) is 9.28. The van der Waals surface area contributed by atoms with Crippen LogP contribution in [0.15, 0.2) is 46.9 Å². The number of benzene rings is 1. The highest BCUT2D eigenvalue weighted by molar-refractivity contribution is 5.78. The van der Waals surface area contributed by atoms with Gasteiger partial charge in [-0.15, -0.1) is 0 Å². The first-order valence-corrected chi connectivity index (χ1v) is 8.69. The van der Waals surface area contributed by atoms with Gasteiger partial charge in [-0.1, -0.05) is 37.3 Å². The van der Waals surface area contributed by atoms with Gasteiger partial charge >= 0.3 is 0 Å². The standard InChI is InChI=1S/C20H28N2O2/c1-4-16(2)21-14-20(23)22(15-19-11-10-17(3)24-19)13-12-18-8-6-5-7-9-18/h5-11,16,21H,4,12-15H2,1-3H3/t16-/m0/s1. The number of nitrogens with zero attached hydrogens (tertiary/aromatic N) is 1. The third-order valence-electron chi connectivity index (χ3n) is 4.22. The van der Waals surface area contributed by atoms with Gasteiger partial charge in [-0.3, -0.25) is 4.79 Å². The normalized spacial score (nSPS) is 12.1. The Morgan fingerprint density at radius 2 is 1.96 bits per heavy atom. The molecule has 4 nitrogen and oxygen atoms in total. The van der Waals surface area contributed by atoms with E-state index in [0.717, 1.165) is 24.4 Å². The Morgan fingerprint density at radius 1 is 1.21 bits per heavy atom. The van der Waals surface area contributed by atoms with Gasteiger partial charge in [0.25, 0.3) is 0 Å². The van der Waals surface area contributed by atoms with Crippen LogP contribution in [0.25, 0.3) is 0 Å². The molecule has 2 aromatic rings. The van der Waals surface area contributed by atoms with Crippen molar-refractivity contribution in [2.45, 2.75) is 46.2 Å². The van der Waals surface area contributed by atoms with Crippen molar-refractivity contribution in [3.63, 3.8) is 0 Å². The lowest BCUT2D eigenvalue weighted by Gasteiger charge is -2.23. The van der Waals surface area contributed by atoms with Crippen LogP contribution in [0.4, 0.5) is 0 Å². The number of hydrogen-bond donors (Lipinski definition) is 1. The van der Waals surface area contributed by atoms with Gasteiger partial charge in [0.2, 0.25) is 5.91 Å². The van der Waals surface area contributed by atoms with Gasteiger partial charge in [0.15, 0.2) is 0 Å². The molecule has 0 unspecified atom stereocenters. The maximum Gasteiger partial charge on any atom is 0.236 e. The third-order valence-corrected chi connectivity index (χ3v) is 4.22. The fourth-order valence-electron chi connectivity index (χ4n) is 2.48. The SMILES string of the molecule is CC[C@H](C)NCC(=O)N(CCc1ccccc1)Cc1ccc(C)o1. The predicted molar refractivity (Wildman–Crippen MR) is 96.8 cm³/mol. The molecule has 1 aromatic heterocycles. The summed E-state index contributed by atoms with van der Waals surface area (Å²) in [6.45, 7) is 7.69. The van der Waals surface area contributed by atoms with Gasteiger partial charge in [-0.25, -0.2) is 0 Å². The van der Waals surface area contributed by atoms with Crippen LogP contribution in [0.5, 0.6) is 0 Å². The van der Waals surface area contributed by atoms with Crippen molar-refractivity contribution in [3.8, 4) is 0 Å². The highest BCUT2D eigenvalue weighted by atomic mass is 16.3. The Labute approximate surface area is 144 Å². The van der Waals surface area contributed by atoms with Crippen LogP contribution >= 0.6 is 0 Å². The van der Waals surface area contributed by atoms with Crippen LogP contribution < -0.4 is 5.32 Å². The molecule has 0 spiro atoms. The minimum Gasteiger partial charge on any atom is -0.464 e. The van der Waals surface area contributed by atoms with E-state index in [1.165, 1.54) is 5.56 Å². The van der Waals surface area contributed by atoms with E-state index < -0.39 is 0 Å². The molecule has 1 atom stereocenters. The summed E-state index contributed by atoms with van der Waals surface area (Å²) < 4.78 is 5.65. The van der Waals surface area contributed by atoms with Crippen molar-refractivity contribution in [2.24, 2.45) is 0 Å². The van der Waals surface area contributed by atoms with E-state index in [0.29, 0.717) is 25.7 Å². The summed E-state index contributed by atoms with van der Waals surface area (Å²) in [5.74, 6) is 1.82. The lowest BCUT2D eigenvalue weighted by molar-refractivity contribution is -0.131. The molecule has 2 rings (SSSR count). The van der Waals surface area contributed by atoms with Crippen LogP contribution in [0, 0.1) is 6.92 Å². The molecule has 4 heteroatoms. The lowest BCUT2D eigenvalue weighted by Crippen LogP contribution is -2.41. The second-order valence-electron chi connectivity index (χ2n) is 6.25. The minimum atomic E-state index is 0.111. The molecule has 0 saturated carbocycles. The first kappa shape index (κ1) is 18.3. The Hall–Kier alpha value is -2.07. The van der Waals surface area contributed by atoms with Gasteiger partial charge in [0.05, 0.1) is 13.1 Å². The summed E-state index contributed by atoms with van der Waals surface area (Å²) in [4.78, 5) is 14.5. The summed E-state index contributed by atoms with van der Waals surface area (Å²) in [5, 5.41) is 3.28. The summed E-state index contributed by atoms with van der Waals surface area (Å²) in [7, 11) is 0. The summed E-state index contributed by atoms with van der Waals surface area (Å²) in [6.07, 6.45) is 1.85. The van der Waals surface area contributed by atoms with Gasteiger partial charge < -0.3 is 14.6 Å². The van der Waals surface area contributed by atoms with Crippen LogP contribution in [0.1, 0.15) is 37.4 Å². The predicted octanol–water partition coefficient (Wildman–Crippen LogP) is 3.55. The molecular weight excluding hydrogens is 300 g/mol. The number of carbonyl (C=O) groups excluding carboxylic acids is 1. The number of nitrogens with one attached hydrogen (secondary N) is 1. The summed E-state index contributed by atoms with van der Waals surface area (Å²) in [5.41, 5.74) is 1.24. The van der Waals surface area contributed by atoms with E-state index in [1.54, 1.807) is 0 Å². The number of carbonyl (C=O) groups is 1. The van der Waals surface area contributed by atoms with Crippen LogP contribution in [0.3, 0.4) is 0 Å². The summed E-state index contributed by atoms with van der Waals surface area (Å²) in [6, 6.07) is 14.5. The zero-order chi connectivity index (χ0) is 17.4. The highest BCUT2D eigenvalue weighted by Gasteiger charge is 2.16. The maximum atomic E-state index is 12.6. The fraction of sp³-hybridized carbons (Fsp3) is 0.450. The average Bonchev–Trinajstić information content (AvgIpc) is 3.02. The molecule has 0 radical (unpaired) electrons. The van der Waals surface area contributed by atoms with Gasteiger partial charge in [0.1, 0.15) is 11.5 Å². The summed E-state index contributed by atoms with van der Waals surface area (Å²) >= 11 is 0. The molecule has 1 aromatic carbocycles. The topological polar surface area (TPSA) is 45.5 Å². The maximum absolute atomic E-state index is 12.6. The quantitative estimate of drug-likeness (QED) is 0.766. The number of rotatable bonds is 9. The fourth-order valence-corrected chi connectivity index (χ4v) is 2.48. The van der Waals surface area contributed by atoms with E-state index in [2.05, 4.69) is 31.3 Å². The lowest BCUT2D eigenvalue weighted by atomic mass is 10.1. The molecule has 0 bridgehead atoms. The molecule has 1 N–H and O–H groups in total. The number of hydrogen-bond acceptors (Lipinski definition) is 3. The zero-order valence-electron chi connectivity index (χ0n) is 14.9. The van der Waals surface area contributed by atoms with Crippen molar-refractivity contribution in [1.82, 2.24) is 10.2 Å². The van der Waals surface area contributed by atoms with E-state index in [-0.39, 0.29) is 5.91 Å². The number of amides is 1. The Morgan fingerprint density at radius 3 is 2.58 bits per heavy atom. The second-order valence-corrected chi connectivity index (χ2v) is 6.25. The molecule has 0 aliphatic heterocycles. The zero-order valence-corrected chi connectivity index (χ0v) is 14.9. The van der Waals surface area contributed by atoms with Gasteiger partial charge in [0, 0.05) is 12.6 Å². The highest BCUT2D eigenvalue weighted by Crippen LogP contribution is 2.11. The van der Waals surface area contributed by atoms with Gasteiger partial charge in [-0.2, -0.15) is 0 Å². The third kappa shape index (κ3) is 5.85. The average molecular weight is 328 g/mol. The van der Waals surface area contributed by atoms with Crippen LogP contribution in [-0.2, 0) is 17.8 Å². The molecule has 0 fully saturated rings. The van der Waals surface area contributed by atoms with E-state index in [4.69, 9.17) is 4.42 Å². The smallest absolute Gasteiger partial charge is 0.236 e. The van der Waals surface area contributed by atoms with Crippen molar-refractivity contribution < 1.29 is 9.21 Å². The molecule has 0 aliphatic rings. The van der Waals surface area contributed by atoms with Crippen LogP contribution in [0.2, 0.25) is 0 Å². The first-order chi connectivity index (χ1) is 11.6. The Kier molecular flexibility index (Phi) is 7.07. The minimum absolute atomic E-state index is 0.111. The monoisotopic (exact) mass is 328 g/mol. The van der Waals surface area contributed by atoms with Crippen molar-refractivity contribution in [3.05, 3.63) is 59.5 Å². The number of furan rings is 1. The molecule has 0 aliphatic carbocycles. The largest absolute Gasteiger partial charge is 0.464 e. The Balaban J connectivity index is 1.98. The molecular formula is C20H28N2O2. The Bertz CT molecular complexity index is 622. The molecule has 1 heterocycles. The van der Waals surface area contributed by atoms with Crippen molar-refractivity contribution in [2.75, 3.05) is 13.1 Å².